The van der Waals surface area contributed by atoms with E-state index >= 15 is 0 Å². The summed E-state index contributed by atoms with van der Waals surface area (Å²) in [5.74, 6) is -0.343. The molecule has 1 aromatic heterocycles. The van der Waals surface area contributed by atoms with Crippen LogP contribution in [0.25, 0.3) is 0 Å². The number of hydrogen-bond acceptors (Lipinski definition) is 4. The molecule has 1 heterocycles. The lowest BCUT2D eigenvalue weighted by atomic mass is 10.2. The van der Waals surface area contributed by atoms with Crippen molar-refractivity contribution in [3.63, 3.8) is 0 Å². The van der Waals surface area contributed by atoms with Crippen molar-refractivity contribution in [2.45, 2.75) is 39.8 Å². The van der Waals surface area contributed by atoms with Gasteiger partial charge in [0.15, 0.2) is 11.1 Å². The first-order chi connectivity index (χ1) is 6.78. The third-order valence-corrected chi connectivity index (χ3v) is 2.19. The minimum absolute atomic E-state index is 0.0315. The highest BCUT2D eigenvalue weighted by Crippen LogP contribution is 2.10. The van der Waals surface area contributed by atoms with Crippen molar-refractivity contribution in [3.8, 4) is 0 Å². The fraction of sp³-hybridized carbons (Fsp3) is 0.667. The zero-order valence-electron chi connectivity index (χ0n) is 9.24. The maximum absolute atomic E-state index is 11.4. The molecule has 15 heavy (non-hydrogen) atoms. The molecule has 0 unspecified atom stereocenters. The summed E-state index contributed by atoms with van der Waals surface area (Å²) in [4.78, 5) is 12.7. The van der Waals surface area contributed by atoms with Gasteiger partial charge in [-0.15, -0.1) is 5.10 Å². The summed E-state index contributed by atoms with van der Waals surface area (Å²) in [5, 5.41) is 8.04. The number of aryl methyl sites for hydroxylation is 1. The fourth-order valence-electron chi connectivity index (χ4n) is 0.970. The lowest BCUT2D eigenvalue weighted by Crippen LogP contribution is -2.27. The molecule has 0 aliphatic heterocycles. The normalized spacial score (nSPS) is 11.5. The van der Waals surface area contributed by atoms with Crippen LogP contribution >= 0.6 is 15.9 Å². The Kier molecular flexibility index (Phi) is 3.49. The second-order valence-electron chi connectivity index (χ2n) is 4.19. The molecule has 5 nitrogen and oxygen atoms in total. The molecule has 0 aromatic carbocycles. The molecule has 0 bridgehead atoms. The number of carbonyl (C=O) groups is 1. The summed E-state index contributed by atoms with van der Waals surface area (Å²) in [6.07, 6.45) is 0. The molecule has 0 saturated carbocycles. The van der Waals surface area contributed by atoms with E-state index < -0.39 is 5.60 Å². The minimum atomic E-state index is -0.476. The number of ether oxygens (including phenoxy) is 1. The highest BCUT2D eigenvalue weighted by Gasteiger charge is 2.17. The van der Waals surface area contributed by atoms with E-state index in [-0.39, 0.29) is 12.5 Å². The van der Waals surface area contributed by atoms with Gasteiger partial charge in [0.1, 0.15) is 5.60 Å². The van der Waals surface area contributed by atoms with Crippen LogP contribution in [-0.4, -0.2) is 26.6 Å². The summed E-state index contributed by atoms with van der Waals surface area (Å²) in [6, 6.07) is 0. The molecule has 0 fully saturated rings. The molecule has 0 spiro atoms. The SMILES string of the molecule is Cc1nn(CC(=O)OC(C)(C)C)nc1Br. The summed E-state index contributed by atoms with van der Waals surface area (Å²) >= 11 is 3.22. The number of rotatable bonds is 2. The predicted octanol–water partition coefficient (Wildman–Crippen LogP) is 1.69. The summed E-state index contributed by atoms with van der Waals surface area (Å²) in [5.41, 5.74) is 0.273. The molecule has 0 atom stereocenters. The molecule has 1 aromatic rings. The van der Waals surface area contributed by atoms with Gasteiger partial charge in [0.2, 0.25) is 0 Å². The van der Waals surface area contributed by atoms with Gasteiger partial charge < -0.3 is 4.74 Å². The molecule has 0 saturated heterocycles. The molecule has 84 valence electrons. The van der Waals surface area contributed by atoms with Crippen molar-refractivity contribution in [3.05, 3.63) is 10.3 Å². The molecule has 0 aliphatic carbocycles. The van der Waals surface area contributed by atoms with Gasteiger partial charge in [-0.2, -0.15) is 9.90 Å². The molecule has 0 radical (unpaired) electrons. The molecular weight excluding hydrogens is 262 g/mol. The maximum atomic E-state index is 11.4. The van der Waals surface area contributed by atoms with Gasteiger partial charge in [0, 0.05) is 0 Å². The quantitative estimate of drug-likeness (QED) is 0.771. The van der Waals surface area contributed by atoms with E-state index in [0.29, 0.717) is 4.60 Å². The van der Waals surface area contributed by atoms with Crippen molar-refractivity contribution in [1.82, 2.24) is 15.0 Å². The van der Waals surface area contributed by atoms with Crippen molar-refractivity contribution in [2.24, 2.45) is 0 Å². The predicted molar refractivity (Wildman–Crippen MR) is 58.3 cm³/mol. The average molecular weight is 276 g/mol. The lowest BCUT2D eigenvalue weighted by Gasteiger charge is -2.18. The van der Waals surface area contributed by atoms with Crippen molar-refractivity contribution >= 4 is 21.9 Å². The molecule has 0 aliphatic rings. The zero-order valence-corrected chi connectivity index (χ0v) is 10.8. The number of aromatic nitrogens is 3. The summed E-state index contributed by atoms with van der Waals surface area (Å²) < 4.78 is 5.78. The average Bonchev–Trinajstić information content (AvgIpc) is 2.26. The third kappa shape index (κ3) is 3.99. The summed E-state index contributed by atoms with van der Waals surface area (Å²) in [6.45, 7) is 7.31. The Balaban J connectivity index is 2.59. The van der Waals surface area contributed by atoms with Crippen LogP contribution < -0.4 is 0 Å². The molecule has 6 heteroatoms. The number of carbonyl (C=O) groups excluding carboxylic acids is 1. The topological polar surface area (TPSA) is 57.0 Å². The minimum Gasteiger partial charge on any atom is -0.459 e. The van der Waals surface area contributed by atoms with Gasteiger partial charge in [0.05, 0.1) is 5.69 Å². The third-order valence-electron chi connectivity index (χ3n) is 1.46. The first-order valence-electron chi connectivity index (χ1n) is 4.57. The van der Waals surface area contributed by atoms with Crippen LogP contribution in [0.5, 0.6) is 0 Å². The number of hydrogen-bond donors (Lipinski definition) is 0. The standard InChI is InChI=1S/C9H14BrN3O2/c1-6-8(10)12-13(11-6)5-7(14)15-9(2,3)4/h5H2,1-4H3. The Morgan fingerprint density at radius 1 is 1.47 bits per heavy atom. The monoisotopic (exact) mass is 275 g/mol. The largest absolute Gasteiger partial charge is 0.459 e. The van der Waals surface area contributed by atoms with Crippen LogP contribution in [0.15, 0.2) is 4.60 Å². The van der Waals surface area contributed by atoms with Gasteiger partial charge in [-0.05, 0) is 43.6 Å². The van der Waals surface area contributed by atoms with E-state index in [9.17, 15) is 4.79 Å². The second-order valence-corrected chi connectivity index (χ2v) is 4.94. The highest BCUT2D eigenvalue weighted by molar-refractivity contribution is 9.10. The number of halogens is 1. The van der Waals surface area contributed by atoms with Gasteiger partial charge in [-0.25, -0.2) is 4.79 Å². The van der Waals surface area contributed by atoms with E-state index in [1.165, 1.54) is 4.80 Å². The maximum Gasteiger partial charge on any atom is 0.330 e. The Labute approximate surface area is 96.9 Å². The smallest absolute Gasteiger partial charge is 0.330 e. The van der Waals surface area contributed by atoms with E-state index in [4.69, 9.17) is 4.74 Å². The van der Waals surface area contributed by atoms with Crippen LogP contribution in [-0.2, 0) is 16.1 Å². The Morgan fingerprint density at radius 3 is 2.47 bits per heavy atom. The van der Waals surface area contributed by atoms with Gasteiger partial charge in [-0.3, -0.25) is 0 Å². The van der Waals surface area contributed by atoms with E-state index in [1.807, 2.05) is 27.7 Å². The van der Waals surface area contributed by atoms with Crippen LogP contribution in [0.4, 0.5) is 0 Å². The van der Waals surface area contributed by atoms with Crippen molar-refractivity contribution < 1.29 is 9.53 Å². The Bertz CT molecular complexity index is 348. The van der Waals surface area contributed by atoms with Crippen LogP contribution in [0.2, 0.25) is 0 Å². The van der Waals surface area contributed by atoms with Crippen LogP contribution in [0, 0.1) is 6.92 Å². The first-order valence-corrected chi connectivity index (χ1v) is 5.36. The van der Waals surface area contributed by atoms with Crippen molar-refractivity contribution in [2.75, 3.05) is 0 Å². The Morgan fingerprint density at radius 2 is 2.07 bits per heavy atom. The molecular formula is C9H14BrN3O2. The van der Waals surface area contributed by atoms with E-state index in [1.54, 1.807) is 0 Å². The highest BCUT2D eigenvalue weighted by atomic mass is 79.9. The Hall–Kier alpha value is -0.910. The summed E-state index contributed by atoms with van der Waals surface area (Å²) in [7, 11) is 0. The molecule has 0 amide bonds. The zero-order chi connectivity index (χ0) is 11.6. The lowest BCUT2D eigenvalue weighted by molar-refractivity contribution is -0.156. The van der Waals surface area contributed by atoms with Crippen molar-refractivity contribution in [1.29, 1.82) is 0 Å². The van der Waals surface area contributed by atoms with E-state index in [2.05, 4.69) is 26.1 Å². The van der Waals surface area contributed by atoms with Gasteiger partial charge in [-0.1, -0.05) is 0 Å². The van der Waals surface area contributed by atoms with E-state index in [0.717, 1.165) is 5.69 Å². The van der Waals surface area contributed by atoms with Crippen LogP contribution in [0.3, 0.4) is 0 Å². The number of esters is 1. The fourth-order valence-corrected chi connectivity index (χ4v) is 1.23. The van der Waals surface area contributed by atoms with Gasteiger partial charge in [0.25, 0.3) is 0 Å². The second kappa shape index (κ2) is 4.30. The molecule has 1 rings (SSSR count). The first kappa shape index (κ1) is 12.2. The number of nitrogens with zero attached hydrogens (tertiary/aromatic N) is 3. The van der Waals surface area contributed by atoms with Crippen LogP contribution in [0.1, 0.15) is 26.5 Å². The van der Waals surface area contributed by atoms with Gasteiger partial charge >= 0.3 is 5.97 Å². The molecule has 0 N–H and O–H groups in total.